The van der Waals surface area contributed by atoms with E-state index >= 15 is 0 Å². The molecule has 32 heavy (non-hydrogen) atoms. The molecule has 3 aromatic rings. The number of hydrogen-bond acceptors (Lipinski definition) is 4. The lowest BCUT2D eigenvalue weighted by atomic mass is 10.0. The first kappa shape index (κ1) is 24.8. The summed E-state index contributed by atoms with van der Waals surface area (Å²) in [5.41, 5.74) is 2.26. The number of halogens is 3. The summed E-state index contributed by atoms with van der Waals surface area (Å²) in [5, 5.41) is 15.5. The lowest BCUT2D eigenvalue weighted by Gasteiger charge is -2.19. The van der Waals surface area contributed by atoms with Crippen molar-refractivity contribution >= 4 is 78.8 Å². The Kier molecular flexibility index (Phi) is 9.17. The van der Waals surface area contributed by atoms with Gasteiger partial charge in [0, 0.05) is 16.6 Å². The molecule has 6 nitrogen and oxygen atoms in total. The van der Waals surface area contributed by atoms with Gasteiger partial charge in [0.05, 0.1) is 7.14 Å². The molecule has 0 saturated heterocycles. The van der Waals surface area contributed by atoms with Crippen LogP contribution in [-0.2, 0) is 22.6 Å². The van der Waals surface area contributed by atoms with Gasteiger partial charge in [0.25, 0.3) is 0 Å². The third-order valence-electron chi connectivity index (χ3n) is 4.45. The molecule has 0 aliphatic rings. The van der Waals surface area contributed by atoms with E-state index in [0.717, 1.165) is 15.6 Å². The first-order valence-electron chi connectivity index (χ1n) is 9.52. The Morgan fingerprint density at radius 3 is 2.22 bits per heavy atom. The van der Waals surface area contributed by atoms with Crippen molar-refractivity contribution in [2.45, 2.75) is 19.1 Å². The zero-order valence-electron chi connectivity index (χ0n) is 16.6. The number of benzene rings is 3. The van der Waals surface area contributed by atoms with Crippen molar-refractivity contribution in [2.24, 2.45) is 0 Å². The molecule has 9 heteroatoms. The van der Waals surface area contributed by atoms with Crippen LogP contribution in [0, 0.1) is 7.14 Å². The van der Waals surface area contributed by atoms with Crippen molar-refractivity contribution in [3.63, 3.8) is 0 Å². The first-order chi connectivity index (χ1) is 15.3. The fraction of sp³-hybridized carbons (Fsp3) is 0.130. The van der Waals surface area contributed by atoms with Crippen molar-refractivity contribution in [2.75, 3.05) is 5.32 Å². The number of amides is 2. The largest absolute Gasteiger partial charge is 0.506 e. The van der Waals surface area contributed by atoms with Crippen molar-refractivity contribution in [1.29, 1.82) is 0 Å². The molecule has 0 aromatic heterocycles. The molecule has 0 spiro atoms. The summed E-state index contributed by atoms with van der Waals surface area (Å²) >= 11 is 7.43. The number of nitrogens with one attached hydrogen (secondary N) is 2. The summed E-state index contributed by atoms with van der Waals surface area (Å²) in [5.74, 6) is -0.178. The Hall–Kier alpha value is -1.86. The number of phenols is 1. The van der Waals surface area contributed by atoms with Gasteiger partial charge in [-0.25, -0.2) is 4.79 Å². The number of ether oxygens (including phenoxy) is 1. The van der Waals surface area contributed by atoms with Crippen LogP contribution in [0.2, 0.25) is 0 Å². The Labute approximate surface area is 221 Å². The molecule has 0 aliphatic carbocycles. The van der Waals surface area contributed by atoms with E-state index in [1.807, 2.05) is 87.6 Å². The van der Waals surface area contributed by atoms with E-state index < -0.39 is 12.1 Å². The smallest absolute Gasteiger partial charge is 0.408 e. The van der Waals surface area contributed by atoms with E-state index in [1.54, 1.807) is 24.3 Å². The fourth-order valence-electron chi connectivity index (χ4n) is 2.85. The Bertz CT molecular complexity index is 1070. The highest BCUT2D eigenvalue weighted by atomic mass is 127. The quantitative estimate of drug-likeness (QED) is 0.268. The summed E-state index contributed by atoms with van der Waals surface area (Å²) in [7, 11) is 0. The summed E-state index contributed by atoms with van der Waals surface area (Å²) in [4.78, 5) is 25.4. The number of alkyl carbamates (subject to hydrolysis) is 1. The van der Waals surface area contributed by atoms with Crippen LogP contribution in [0.15, 0.2) is 71.2 Å². The monoisotopic (exact) mass is 720 g/mol. The van der Waals surface area contributed by atoms with E-state index in [0.29, 0.717) is 12.8 Å². The van der Waals surface area contributed by atoms with Gasteiger partial charge < -0.3 is 20.5 Å². The van der Waals surface area contributed by atoms with Gasteiger partial charge in [-0.05, 0) is 92.7 Å². The average Bonchev–Trinajstić information content (AvgIpc) is 2.78. The van der Waals surface area contributed by atoms with Gasteiger partial charge in [-0.2, -0.15) is 0 Å². The molecule has 3 N–H and O–H groups in total. The highest BCUT2D eigenvalue weighted by Crippen LogP contribution is 2.28. The lowest BCUT2D eigenvalue weighted by Crippen LogP contribution is -2.45. The van der Waals surface area contributed by atoms with Crippen LogP contribution in [0.4, 0.5) is 10.5 Å². The zero-order valence-corrected chi connectivity index (χ0v) is 22.5. The Morgan fingerprint density at radius 2 is 1.59 bits per heavy atom. The number of hydrogen-bond donors (Lipinski definition) is 3. The van der Waals surface area contributed by atoms with Gasteiger partial charge in [-0.3, -0.25) is 4.79 Å². The first-order valence-corrected chi connectivity index (χ1v) is 12.5. The van der Waals surface area contributed by atoms with E-state index in [1.165, 1.54) is 0 Å². The second kappa shape index (κ2) is 11.8. The molecule has 0 aliphatic heterocycles. The molecule has 0 bridgehead atoms. The van der Waals surface area contributed by atoms with Crippen molar-refractivity contribution < 1.29 is 19.4 Å². The summed E-state index contributed by atoms with van der Waals surface area (Å²) in [6, 6.07) is 19.2. The molecular formula is C23H19BrI2N2O4. The van der Waals surface area contributed by atoms with Crippen LogP contribution in [0.3, 0.4) is 0 Å². The fourth-order valence-corrected chi connectivity index (χ4v) is 5.01. The highest BCUT2D eigenvalue weighted by Gasteiger charge is 2.23. The minimum absolute atomic E-state index is 0.0999. The second-order valence-corrected chi connectivity index (χ2v) is 10.1. The number of phenolic OH excluding ortho intramolecular Hbond substituents is 1. The van der Waals surface area contributed by atoms with E-state index in [2.05, 4.69) is 26.6 Å². The molecule has 0 heterocycles. The maximum absolute atomic E-state index is 13.0. The number of rotatable bonds is 7. The van der Waals surface area contributed by atoms with Crippen LogP contribution >= 0.6 is 61.1 Å². The van der Waals surface area contributed by atoms with Crippen molar-refractivity contribution in [3.05, 3.63) is 89.5 Å². The van der Waals surface area contributed by atoms with Gasteiger partial charge >= 0.3 is 6.09 Å². The van der Waals surface area contributed by atoms with Crippen LogP contribution in [0.25, 0.3) is 0 Å². The third-order valence-corrected chi connectivity index (χ3v) is 6.62. The maximum atomic E-state index is 13.0. The second-order valence-electron chi connectivity index (χ2n) is 6.87. The zero-order chi connectivity index (χ0) is 23.1. The van der Waals surface area contributed by atoms with Crippen LogP contribution in [0.5, 0.6) is 5.75 Å². The summed E-state index contributed by atoms with van der Waals surface area (Å²) in [6.07, 6.45) is -0.456. The SMILES string of the molecule is O=C(N[C@@H](Cc1cc(I)c(O)c(I)c1)C(=O)Nc1ccc(Br)cc1)OCc1ccccc1. The molecule has 0 saturated carbocycles. The predicted octanol–water partition coefficient (Wildman–Crippen LogP) is 5.84. The van der Waals surface area contributed by atoms with Gasteiger partial charge in [0.1, 0.15) is 18.4 Å². The lowest BCUT2D eigenvalue weighted by molar-refractivity contribution is -0.118. The minimum atomic E-state index is -0.877. The predicted molar refractivity (Wildman–Crippen MR) is 144 cm³/mol. The van der Waals surface area contributed by atoms with Gasteiger partial charge in [0.2, 0.25) is 5.91 Å². The molecule has 0 unspecified atom stereocenters. The number of carbonyl (C=O) groups excluding carboxylic acids is 2. The van der Waals surface area contributed by atoms with Crippen LogP contribution in [0.1, 0.15) is 11.1 Å². The molecule has 3 rings (SSSR count). The topological polar surface area (TPSA) is 87.7 Å². The van der Waals surface area contributed by atoms with E-state index in [4.69, 9.17) is 4.74 Å². The van der Waals surface area contributed by atoms with E-state index in [9.17, 15) is 14.7 Å². The maximum Gasteiger partial charge on any atom is 0.408 e. The molecule has 166 valence electrons. The minimum Gasteiger partial charge on any atom is -0.506 e. The third kappa shape index (κ3) is 7.34. The summed E-state index contributed by atoms with van der Waals surface area (Å²) in [6.45, 7) is 0.0999. The van der Waals surface area contributed by atoms with Crippen molar-refractivity contribution in [1.82, 2.24) is 5.32 Å². The molecule has 3 aromatic carbocycles. The average molecular weight is 721 g/mol. The van der Waals surface area contributed by atoms with Gasteiger partial charge in [0.15, 0.2) is 0 Å². The number of aromatic hydroxyl groups is 1. The summed E-state index contributed by atoms with van der Waals surface area (Å²) < 4.78 is 7.53. The number of carbonyl (C=O) groups is 2. The number of anilines is 1. The Balaban J connectivity index is 1.74. The van der Waals surface area contributed by atoms with Crippen LogP contribution < -0.4 is 10.6 Å². The molecule has 2 amide bonds. The normalized spacial score (nSPS) is 11.5. The van der Waals surface area contributed by atoms with E-state index in [-0.39, 0.29) is 24.7 Å². The molecule has 1 atom stereocenters. The van der Waals surface area contributed by atoms with Gasteiger partial charge in [-0.1, -0.05) is 46.3 Å². The highest BCUT2D eigenvalue weighted by molar-refractivity contribution is 14.1. The molecular weight excluding hydrogens is 702 g/mol. The Morgan fingerprint density at radius 1 is 0.969 bits per heavy atom. The standard InChI is InChI=1S/C23H19BrI2N2O4/c24-16-6-8-17(9-7-16)27-22(30)20(12-15-10-18(25)21(29)19(26)11-15)28-23(31)32-13-14-4-2-1-3-5-14/h1-11,20,29H,12-13H2,(H,27,30)(H,28,31)/t20-/m0/s1. The molecule has 0 fully saturated rings. The van der Waals surface area contributed by atoms with Gasteiger partial charge in [-0.15, -0.1) is 0 Å². The molecule has 0 radical (unpaired) electrons. The van der Waals surface area contributed by atoms with Crippen LogP contribution in [-0.4, -0.2) is 23.1 Å². The van der Waals surface area contributed by atoms with Crippen molar-refractivity contribution in [3.8, 4) is 5.75 Å².